The van der Waals surface area contributed by atoms with E-state index >= 15 is 0 Å². The standard InChI is InChI=1S/C26H22N4O5/c1-3-34-25(32)16-11-13-17(14-12-16)28-29-22-21(26(33)35-4-2)23-27-18-9-5-7-15-8-6-10-19(20(15)18)30(23)24(22)31/h5-14,27,31H,3-4H2,1-2H3. The summed E-state index contributed by atoms with van der Waals surface area (Å²) >= 11 is 0. The average Bonchev–Trinajstić information content (AvgIpc) is 3.15. The number of hydrogen-bond donors (Lipinski definition) is 2. The van der Waals surface area contributed by atoms with Crippen LogP contribution in [0.5, 0.6) is 5.88 Å². The number of aromatic amines is 1. The lowest BCUT2D eigenvalue weighted by atomic mass is 10.1. The van der Waals surface area contributed by atoms with Crippen LogP contribution in [0, 0.1) is 0 Å². The summed E-state index contributed by atoms with van der Waals surface area (Å²) in [5, 5.41) is 21.5. The maximum atomic E-state index is 13.0. The SMILES string of the molecule is CCOC(=O)c1ccc(N=Nc2c(C(=O)OCC)c3[nH]c4cccc5cccc(c54)n3c2O)cc1. The lowest BCUT2D eigenvalue weighted by Gasteiger charge is -2.10. The first-order valence-electron chi connectivity index (χ1n) is 11.2. The van der Waals surface area contributed by atoms with E-state index in [2.05, 4.69) is 15.2 Å². The van der Waals surface area contributed by atoms with Gasteiger partial charge < -0.3 is 19.6 Å². The second kappa shape index (κ2) is 8.94. The van der Waals surface area contributed by atoms with Gasteiger partial charge in [0.2, 0.25) is 5.88 Å². The minimum Gasteiger partial charge on any atom is -0.493 e. The number of nitrogens with zero attached hydrogens (tertiary/aromatic N) is 3. The molecule has 5 aromatic rings. The molecule has 2 heterocycles. The zero-order valence-electron chi connectivity index (χ0n) is 19.1. The van der Waals surface area contributed by atoms with E-state index in [9.17, 15) is 14.7 Å². The molecule has 3 aromatic carbocycles. The summed E-state index contributed by atoms with van der Waals surface area (Å²) < 4.78 is 11.8. The Kier molecular flexibility index (Phi) is 5.66. The number of carbonyl (C=O) groups excluding carboxylic acids is 2. The van der Waals surface area contributed by atoms with Crippen molar-refractivity contribution in [1.29, 1.82) is 0 Å². The van der Waals surface area contributed by atoms with Crippen LogP contribution in [0.1, 0.15) is 34.6 Å². The second-order valence-corrected chi connectivity index (χ2v) is 7.72. The molecular formula is C26H22N4O5. The molecule has 2 aromatic heterocycles. The minimum absolute atomic E-state index is 0.0229. The number of aromatic hydroxyl groups is 1. The Hall–Kier alpha value is -4.66. The van der Waals surface area contributed by atoms with E-state index in [1.54, 1.807) is 42.5 Å². The van der Waals surface area contributed by atoms with Crippen molar-refractivity contribution in [2.75, 3.05) is 13.2 Å². The lowest BCUT2D eigenvalue weighted by molar-refractivity contribution is 0.0518. The molecule has 0 aliphatic heterocycles. The van der Waals surface area contributed by atoms with Crippen LogP contribution < -0.4 is 0 Å². The van der Waals surface area contributed by atoms with Crippen molar-refractivity contribution in [3.05, 3.63) is 71.8 Å². The number of azo groups is 1. The van der Waals surface area contributed by atoms with Crippen LogP contribution in [0.3, 0.4) is 0 Å². The Labute approximate surface area is 199 Å². The Balaban J connectivity index is 1.68. The molecule has 0 saturated carbocycles. The van der Waals surface area contributed by atoms with Crippen LogP contribution in [-0.4, -0.2) is 39.6 Å². The molecule has 0 bridgehead atoms. The molecule has 2 N–H and O–H groups in total. The van der Waals surface area contributed by atoms with Gasteiger partial charge in [-0.15, -0.1) is 5.11 Å². The van der Waals surface area contributed by atoms with Gasteiger partial charge in [0.15, 0.2) is 5.69 Å². The fraction of sp³-hybridized carbons (Fsp3) is 0.154. The van der Waals surface area contributed by atoms with E-state index in [0.29, 0.717) is 22.4 Å². The van der Waals surface area contributed by atoms with Crippen LogP contribution >= 0.6 is 0 Å². The Morgan fingerprint density at radius 1 is 0.914 bits per heavy atom. The molecule has 0 aliphatic carbocycles. The van der Waals surface area contributed by atoms with Crippen molar-refractivity contribution in [2.24, 2.45) is 10.2 Å². The third kappa shape index (κ3) is 3.76. The van der Waals surface area contributed by atoms with E-state index in [1.807, 2.05) is 36.4 Å². The fourth-order valence-electron chi connectivity index (χ4n) is 4.12. The normalized spacial score (nSPS) is 11.6. The number of carbonyl (C=O) groups is 2. The molecule has 0 radical (unpaired) electrons. The molecule has 0 spiro atoms. The molecule has 0 saturated heterocycles. The summed E-state index contributed by atoms with van der Waals surface area (Å²) in [6, 6.07) is 17.8. The Morgan fingerprint density at radius 2 is 1.60 bits per heavy atom. The predicted molar refractivity (Wildman–Crippen MR) is 131 cm³/mol. The smallest absolute Gasteiger partial charge is 0.344 e. The largest absolute Gasteiger partial charge is 0.493 e. The van der Waals surface area contributed by atoms with Gasteiger partial charge >= 0.3 is 11.9 Å². The van der Waals surface area contributed by atoms with Crippen molar-refractivity contribution < 1.29 is 24.2 Å². The van der Waals surface area contributed by atoms with Gasteiger partial charge in [0.05, 0.1) is 30.0 Å². The molecule has 176 valence electrons. The van der Waals surface area contributed by atoms with Crippen LogP contribution in [-0.2, 0) is 9.47 Å². The van der Waals surface area contributed by atoms with Gasteiger partial charge in [0, 0.05) is 10.9 Å². The van der Waals surface area contributed by atoms with E-state index in [-0.39, 0.29) is 30.3 Å². The molecule has 0 amide bonds. The van der Waals surface area contributed by atoms with E-state index in [1.165, 1.54) is 0 Å². The number of H-pyrrole nitrogens is 1. The van der Waals surface area contributed by atoms with Gasteiger partial charge in [-0.05, 0) is 55.6 Å². The van der Waals surface area contributed by atoms with E-state index < -0.39 is 11.9 Å². The van der Waals surface area contributed by atoms with Gasteiger partial charge in [0.25, 0.3) is 0 Å². The molecule has 0 aliphatic rings. The van der Waals surface area contributed by atoms with Crippen molar-refractivity contribution >= 4 is 50.8 Å². The summed E-state index contributed by atoms with van der Waals surface area (Å²) in [5.74, 6) is -1.31. The number of benzene rings is 3. The topological polar surface area (TPSA) is 118 Å². The molecule has 9 nitrogen and oxygen atoms in total. The highest BCUT2D eigenvalue weighted by molar-refractivity contribution is 6.11. The maximum Gasteiger partial charge on any atom is 0.344 e. The summed E-state index contributed by atoms with van der Waals surface area (Å²) in [6.07, 6.45) is 0. The Bertz CT molecular complexity index is 1610. The summed E-state index contributed by atoms with van der Waals surface area (Å²) in [5.41, 5.74) is 2.71. The Morgan fingerprint density at radius 3 is 2.31 bits per heavy atom. The average molecular weight is 470 g/mol. The third-order valence-corrected chi connectivity index (χ3v) is 5.62. The van der Waals surface area contributed by atoms with Gasteiger partial charge in [0.1, 0.15) is 11.2 Å². The molecule has 0 unspecified atom stereocenters. The highest BCUT2D eigenvalue weighted by Crippen LogP contribution is 2.41. The number of nitrogens with one attached hydrogen (secondary N) is 1. The summed E-state index contributed by atoms with van der Waals surface area (Å²) in [4.78, 5) is 28.1. The van der Waals surface area contributed by atoms with E-state index in [4.69, 9.17) is 9.47 Å². The molecule has 5 rings (SSSR count). The van der Waals surface area contributed by atoms with Crippen LogP contribution in [0.4, 0.5) is 11.4 Å². The van der Waals surface area contributed by atoms with Crippen molar-refractivity contribution in [3.63, 3.8) is 0 Å². The minimum atomic E-state index is -0.637. The van der Waals surface area contributed by atoms with Gasteiger partial charge in [-0.25, -0.2) is 9.59 Å². The number of ether oxygens (including phenoxy) is 2. The van der Waals surface area contributed by atoms with Gasteiger partial charge in [-0.3, -0.25) is 4.40 Å². The second-order valence-electron chi connectivity index (χ2n) is 7.72. The summed E-state index contributed by atoms with van der Waals surface area (Å²) in [7, 11) is 0. The number of aromatic nitrogens is 2. The summed E-state index contributed by atoms with van der Waals surface area (Å²) in [6.45, 7) is 3.87. The lowest BCUT2D eigenvalue weighted by Crippen LogP contribution is -2.05. The monoisotopic (exact) mass is 470 g/mol. The molecule has 0 atom stereocenters. The highest BCUT2D eigenvalue weighted by atomic mass is 16.5. The predicted octanol–water partition coefficient (Wildman–Crippen LogP) is 6.05. The zero-order chi connectivity index (χ0) is 24.5. The van der Waals surface area contributed by atoms with Crippen LogP contribution in [0.15, 0.2) is 70.9 Å². The quantitative estimate of drug-likeness (QED) is 0.231. The number of rotatable bonds is 6. The third-order valence-electron chi connectivity index (χ3n) is 5.62. The van der Waals surface area contributed by atoms with E-state index in [0.717, 1.165) is 16.3 Å². The number of esters is 2. The zero-order valence-corrected chi connectivity index (χ0v) is 19.1. The number of hydrogen-bond acceptors (Lipinski definition) is 7. The van der Waals surface area contributed by atoms with Crippen molar-refractivity contribution in [3.8, 4) is 5.88 Å². The molecule has 0 fully saturated rings. The molecule has 9 heteroatoms. The van der Waals surface area contributed by atoms with Crippen molar-refractivity contribution in [2.45, 2.75) is 13.8 Å². The fourth-order valence-corrected chi connectivity index (χ4v) is 4.12. The first kappa shape index (κ1) is 22.1. The molecular weight excluding hydrogens is 448 g/mol. The maximum absolute atomic E-state index is 13.0. The van der Waals surface area contributed by atoms with Crippen LogP contribution in [0.2, 0.25) is 0 Å². The van der Waals surface area contributed by atoms with Gasteiger partial charge in [-0.2, -0.15) is 5.11 Å². The first-order valence-corrected chi connectivity index (χ1v) is 11.2. The molecule has 35 heavy (non-hydrogen) atoms. The van der Waals surface area contributed by atoms with Crippen LogP contribution in [0.25, 0.3) is 27.5 Å². The first-order chi connectivity index (χ1) is 17.0. The number of fused-ring (bicyclic) bond motifs is 2. The van der Waals surface area contributed by atoms with Gasteiger partial charge in [-0.1, -0.05) is 24.3 Å². The van der Waals surface area contributed by atoms with Crippen molar-refractivity contribution in [1.82, 2.24) is 9.38 Å². The highest BCUT2D eigenvalue weighted by Gasteiger charge is 2.27.